The number of esters is 1. The van der Waals surface area contributed by atoms with Gasteiger partial charge in [0.15, 0.2) is 15.8 Å². The van der Waals surface area contributed by atoms with Crippen molar-refractivity contribution in [1.29, 1.82) is 0 Å². The van der Waals surface area contributed by atoms with Crippen LogP contribution in [-0.2, 0) is 11.3 Å². The molecule has 0 saturated heterocycles. The van der Waals surface area contributed by atoms with E-state index < -0.39 is 0 Å². The molecule has 20 heavy (non-hydrogen) atoms. The number of aromatic nitrogens is 1. The fraction of sp³-hybridized carbons (Fsp3) is 0.286. The third-order valence-electron chi connectivity index (χ3n) is 2.71. The Labute approximate surface area is 122 Å². The highest BCUT2D eigenvalue weighted by molar-refractivity contribution is 7.17. The van der Waals surface area contributed by atoms with E-state index in [1.54, 1.807) is 6.92 Å². The van der Waals surface area contributed by atoms with Crippen LogP contribution in [0.3, 0.4) is 0 Å². The first kappa shape index (κ1) is 14.3. The van der Waals surface area contributed by atoms with Gasteiger partial charge in [0.05, 0.1) is 6.61 Å². The van der Waals surface area contributed by atoms with Gasteiger partial charge in [0.1, 0.15) is 0 Å². The van der Waals surface area contributed by atoms with E-state index in [2.05, 4.69) is 4.98 Å². The maximum Gasteiger partial charge on any atom is 0.352 e. The first-order valence-electron chi connectivity index (χ1n) is 6.30. The van der Waals surface area contributed by atoms with E-state index in [1.807, 2.05) is 42.3 Å². The van der Waals surface area contributed by atoms with Crippen molar-refractivity contribution in [3.05, 3.63) is 40.8 Å². The summed E-state index contributed by atoms with van der Waals surface area (Å²) in [6.07, 6.45) is 0. The standard InChI is InChI=1S/C14H17N3O2S/c1-3-19-13(18)11-12(16-14(15)20-11)17(2)9-10-7-5-4-6-8-10/h4-8H,3,9H2,1-2H3,(H2,15,16). The van der Waals surface area contributed by atoms with Crippen LogP contribution in [-0.4, -0.2) is 24.6 Å². The van der Waals surface area contributed by atoms with E-state index in [0.29, 0.717) is 29.0 Å². The molecule has 2 N–H and O–H groups in total. The predicted molar refractivity (Wildman–Crippen MR) is 81.0 cm³/mol. The van der Waals surface area contributed by atoms with Crippen LogP contribution in [0.25, 0.3) is 0 Å². The van der Waals surface area contributed by atoms with Gasteiger partial charge in [-0.3, -0.25) is 0 Å². The Morgan fingerprint density at radius 1 is 1.40 bits per heavy atom. The highest BCUT2D eigenvalue weighted by atomic mass is 32.1. The summed E-state index contributed by atoms with van der Waals surface area (Å²) in [5.74, 6) is 0.186. The molecule has 0 aliphatic carbocycles. The normalized spacial score (nSPS) is 10.3. The van der Waals surface area contributed by atoms with Gasteiger partial charge < -0.3 is 15.4 Å². The Kier molecular flexibility index (Phi) is 4.57. The Morgan fingerprint density at radius 2 is 2.10 bits per heavy atom. The van der Waals surface area contributed by atoms with Crippen molar-refractivity contribution in [1.82, 2.24) is 4.98 Å². The smallest absolute Gasteiger partial charge is 0.352 e. The maximum atomic E-state index is 11.9. The second-order valence-electron chi connectivity index (χ2n) is 4.27. The average molecular weight is 291 g/mol. The molecular weight excluding hydrogens is 274 g/mol. The quantitative estimate of drug-likeness (QED) is 0.857. The molecule has 0 atom stereocenters. The van der Waals surface area contributed by atoms with Gasteiger partial charge >= 0.3 is 5.97 Å². The van der Waals surface area contributed by atoms with Crippen LogP contribution in [0, 0.1) is 0 Å². The van der Waals surface area contributed by atoms with Crippen LogP contribution < -0.4 is 10.6 Å². The lowest BCUT2D eigenvalue weighted by Crippen LogP contribution is -2.19. The van der Waals surface area contributed by atoms with Crippen molar-refractivity contribution in [2.45, 2.75) is 13.5 Å². The fourth-order valence-corrected chi connectivity index (χ4v) is 2.62. The van der Waals surface area contributed by atoms with E-state index >= 15 is 0 Å². The number of benzene rings is 1. The van der Waals surface area contributed by atoms with Crippen LogP contribution in [0.5, 0.6) is 0 Å². The van der Waals surface area contributed by atoms with E-state index in [4.69, 9.17) is 10.5 Å². The molecule has 0 radical (unpaired) electrons. The molecule has 1 heterocycles. The minimum absolute atomic E-state index is 0.332. The Morgan fingerprint density at radius 3 is 2.75 bits per heavy atom. The first-order valence-corrected chi connectivity index (χ1v) is 7.12. The van der Waals surface area contributed by atoms with Crippen molar-refractivity contribution in [3.8, 4) is 0 Å². The third-order valence-corrected chi connectivity index (χ3v) is 3.56. The molecule has 5 nitrogen and oxygen atoms in total. The monoisotopic (exact) mass is 291 g/mol. The van der Waals surface area contributed by atoms with E-state index in [0.717, 1.165) is 16.9 Å². The molecule has 1 aromatic heterocycles. The van der Waals surface area contributed by atoms with Gasteiger partial charge in [-0.25, -0.2) is 9.78 Å². The molecule has 2 aromatic rings. The number of rotatable bonds is 5. The maximum absolute atomic E-state index is 11.9. The largest absolute Gasteiger partial charge is 0.462 e. The number of thiazole rings is 1. The average Bonchev–Trinajstić information content (AvgIpc) is 2.82. The van der Waals surface area contributed by atoms with Crippen molar-refractivity contribution < 1.29 is 9.53 Å². The zero-order chi connectivity index (χ0) is 14.5. The van der Waals surface area contributed by atoms with Gasteiger partial charge in [0.25, 0.3) is 0 Å². The Hall–Kier alpha value is -2.08. The van der Waals surface area contributed by atoms with E-state index in [1.165, 1.54) is 0 Å². The van der Waals surface area contributed by atoms with Crippen LogP contribution in [0.15, 0.2) is 30.3 Å². The van der Waals surface area contributed by atoms with Crippen molar-refractivity contribution in [3.63, 3.8) is 0 Å². The summed E-state index contributed by atoms with van der Waals surface area (Å²) in [4.78, 5) is 18.5. The van der Waals surface area contributed by atoms with Crippen molar-refractivity contribution in [2.75, 3.05) is 24.3 Å². The molecule has 0 aliphatic rings. The summed E-state index contributed by atoms with van der Waals surface area (Å²) < 4.78 is 5.03. The van der Waals surface area contributed by atoms with Gasteiger partial charge in [0.2, 0.25) is 0 Å². The van der Waals surface area contributed by atoms with Crippen molar-refractivity contribution in [2.24, 2.45) is 0 Å². The first-order chi connectivity index (χ1) is 9.61. The molecule has 2 rings (SSSR count). The zero-order valence-electron chi connectivity index (χ0n) is 11.5. The second kappa shape index (κ2) is 6.38. The minimum atomic E-state index is -0.378. The summed E-state index contributed by atoms with van der Waals surface area (Å²) >= 11 is 1.15. The molecule has 6 heteroatoms. The lowest BCUT2D eigenvalue weighted by atomic mass is 10.2. The second-order valence-corrected chi connectivity index (χ2v) is 5.30. The number of hydrogen-bond donors (Lipinski definition) is 1. The number of nitrogens with zero attached hydrogens (tertiary/aromatic N) is 2. The molecular formula is C14H17N3O2S. The molecule has 1 aromatic carbocycles. The number of nitrogens with two attached hydrogens (primary N) is 1. The number of carbonyl (C=O) groups is 1. The highest BCUT2D eigenvalue weighted by Crippen LogP contribution is 2.29. The lowest BCUT2D eigenvalue weighted by Gasteiger charge is -2.17. The summed E-state index contributed by atoms with van der Waals surface area (Å²) in [6, 6.07) is 9.97. The molecule has 0 fully saturated rings. The highest BCUT2D eigenvalue weighted by Gasteiger charge is 2.21. The van der Waals surface area contributed by atoms with Crippen molar-refractivity contribution >= 4 is 28.3 Å². The minimum Gasteiger partial charge on any atom is -0.462 e. The van der Waals surface area contributed by atoms with Gasteiger partial charge in [-0.05, 0) is 12.5 Å². The molecule has 106 valence electrons. The summed E-state index contributed by atoms with van der Waals surface area (Å²) in [7, 11) is 1.88. The molecule has 0 amide bonds. The van der Waals surface area contributed by atoms with Gasteiger partial charge in [-0.2, -0.15) is 0 Å². The lowest BCUT2D eigenvalue weighted by molar-refractivity contribution is 0.0532. The summed E-state index contributed by atoms with van der Waals surface area (Å²) in [5.41, 5.74) is 6.85. The van der Waals surface area contributed by atoms with E-state index in [9.17, 15) is 4.79 Å². The molecule has 0 bridgehead atoms. The zero-order valence-corrected chi connectivity index (χ0v) is 12.3. The van der Waals surface area contributed by atoms with E-state index in [-0.39, 0.29) is 5.97 Å². The number of carbonyl (C=O) groups excluding carboxylic acids is 1. The van der Waals surface area contributed by atoms with Gasteiger partial charge in [-0.15, -0.1) is 0 Å². The molecule has 0 saturated carbocycles. The van der Waals surface area contributed by atoms with Crippen LogP contribution in [0.4, 0.5) is 10.9 Å². The Bertz CT molecular complexity index is 583. The van der Waals surface area contributed by atoms with Crippen LogP contribution in [0.1, 0.15) is 22.2 Å². The summed E-state index contributed by atoms with van der Waals surface area (Å²) in [6.45, 7) is 2.75. The van der Waals surface area contributed by atoms with Gasteiger partial charge in [-0.1, -0.05) is 41.7 Å². The molecule has 0 aliphatic heterocycles. The number of anilines is 2. The predicted octanol–water partition coefficient (Wildman–Crippen LogP) is 2.54. The SMILES string of the molecule is CCOC(=O)c1sc(N)nc1N(C)Cc1ccccc1. The number of hydrogen-bond acceptors (Lipinski definition) is 6. The number of ether oxygens (including phenoxy) is 1. The van der Waals surface area contributed by atoms with Crippen LogP contribution in [0.2, 0.25) is 0 Å². The van der Waals surface area contributed by atoms with Crippen LogP contribution >= 0.6 is 11.3 Å². The topological polar surface area (TPSA) is 68.5 Å². The number of nitrogen functional groups attached to an aromatic ring is 1. The Balaban J connectivity index is 2.21. The summed E-state index contributed by atoms with van der Waals surface area (Å²) in [5, 5.41) is 0.364. The molecule has 0 spiro atoms. The fourth-order valence-electron chi connectivity index (χ4n) is 1.85. The molecule has 0 unspecified atom stereocenters. The third kappa shape index (κ3) is 3.27. The van der Waals surface area contributed by atoms with Gasteiger partial charge in [0, 0.05) is 13.6 Å².